The average molecular weight is 402 g/mol. The first-order valence-electron chi connectivity index (χ1n) is 8.12. The van der Waals surface area contributed by atoms with Crippen molar-refractivity contribution in [1.82, 2.24) is 4.98 Å². The van der Waals surface area contributed by atoms with Crippen molar-refractivity contribution in [2.75, 3.05) is 0 Å². The number of aromatic nitrogens is 1. The van der Waals surface area contributed by atoms with Crippen LogP contribution in [0.1, 0.15) is 18.2 Å². The maximum atomic E-state index is 14.4. The Morgan fingerprint density at radius 3 is 2.31 bits per heavy atom. The van der Waals surface area contributed by atoms with Crippen molar-refractivity contribution >= 4 is 5.78 Å². The number of carbonyl (C=O) groups excluding carboxylic acids is 1. The molecule has 0 aliphatic carbocycles. The summed E-state index contributed by atoms with van der Waals surface area (Å²) in [6.07, 6.45) is 1.93. The van der Waals surface area contributed by atoms with Gasteiger partial charge < -0.3 is 4.74 Å². The Hall–Kier alpha value is -3.73. The van der Waals surface area contributed by atoms with Gasteiger partial charge in [-0.25, -0.2) is 8.78 Å². The van der Waals surface area contributed by atoms with Gasteiger partial charge >= 0.3 is 5.92 Å². The highest BCUT2D eigenvalue weighted by Gasteiger charge is 2.43. The molecule has 0 fully saturated rings. The molecule has 1 aromatic heterocycles. The number of hydrogen-bond donors (Lipinski definition) is 0. The summed E-state index contributed by atoms with van der Waals surface area (Å²) in [5.41, 5.74) is -1.45. The highest BCUT2D eigenvalue weighted by Crippen LogP contribution is 2.33. The number of Topliss-reactive ketones (excluding diaryl/α,β-unsaturated/α-hetero) is 1. The van der Waals surface area contributed by atoms with Crippen LogP contribution in [0.4, 0.5) is 17.6 Å². The van der Waals surface area contributed by atoms with Crippen LogP contribution in [0, 0.1) is 11.3 Å². The molecule has 0 aliphatic heterocycles. The zero-order valence-electron chi connectivity index (χ0n) is 15.1. The molecule has 0 radical (unpaired) electrons. The van der Waals surface area contributed by atoms with Crippen LogP contribution in [0.15, 0.2) is 78.6 Å². The van der Waals surface area contributed by atoms with Gasteiger partial charge in [-0.2, -0.15) is 14.0 Å². The monoisotopic (exact) mass is 402 g/mol. The Morgan fingerprint density at radius 2 is 1.79 bits per heavy atom. The molecule has 4 nitrogen and oxygen atoms in total. The van der Waals surface area contributed by atoms with Crippen molar-refractivity contribution in [3.8, 4) is 17.6 Å². The van der Waals surface area contributed by atoms with Crippen molar-refractivity contribution in [3.05, 3.63) is 89.8 Å². The first-order chi connectivity index (χ1) is 13.7. The van der Waals surface area contributed by atoms with E-state index in [0.717, 1.165) is 25.3 Å². The summed E-state index contributed by atoms with van der Waals surface area (Å²) in [4.78, 5) is 15.5. The van der Waals surface area contributed by atoms with Gasteiger partial charge in [0.25, 0.3) is 0 Å². The van der Waals surface area contributed by atoms with Crippen molar-refractivity contribution in [1.29, 1.82) is 5.26 Å². The Balaban J connectivity index is 2.22. The molecule has 0 aliphatic rings. The average Bonchev–Trinajstić information content (AvgIpc) is 2.73. The summed E-state index contributed by atoms with van der Waals surface area (Å²) in [5, 5.41) is 8.75. The van der Waals surface area contributed by atoms with Gasteiger partial charge in [-0.3, -0.25) is 9.78 Å². The molecule has 0 unspecified atom stereocenters. The van der Waals surface area contributed by atoms with E-state index in [2.05, 4.69) is 11.6 Å². The van der Waals surface area contributed by atoms with Crippen LogP contribution in [0.2, 0.25) is 0 Å². The number of alkyl halides is 2. The molecule has 0 spiro atoms. The van der Waals surface area contributed by atoms with E-state index in [1.54, 1.807) is 0 Å². The van der Waals surface area contributed by atoms with E-state index in [4.69, 9.17) is 10.00 Å². The lowest BCUT2D eigenvalue weighted by molar-refractivity contribution is -0.140. The summed E-state index contributed by atoms with van der Waals surface area (Å²) in [7, 11) is 0. The number of nitriles is 1. The van der Waals surface area contributed by atoms with Crippen LogP contribution in [0.25, 0.3) is 0 Å². The third kappa shape index (κ3) is 5.17. The number of ketones is 1. The maximum Gasteiger partial charge on any atom is 0.351 e. The largest absolute Gasteiger partial charge is 0.456 e. The van der Waals surface area contributed by atoms with Crippen molar-refractivity contribution in [3.63, 3.8) is 0 Å². The molecule has 0 atom stereocenters. The lowest BCUT2D eigenvalue weighted by Gasteiger charge is -2.15. The molecule has 0 bridgehead atoms. The molecule has 148 valence electrons. The molecule has 2 aromatic rings. The molecule has 29 heavy (non-hydrogen) atoms. The second-order valence-electron chi connectivity index (χ2n) is 5.73. The summed E-state index contributed by atoms with van der Waals surface area (Å²) in [5.74, 6) is -8.08. The number of carbonyl (C=O) groups is 1. The van der Waals surface area contributed by atoms with E-state index < -0.39 is 34.6 Å². The SMILES string of the molecule is C=C/C(F)=C\C(F)=C(/C)C(=O)C(F)(F)c1ccc(Oc2ccc(C#N)cc2)cn1. The molecule has 0 amide bonds. The predicted octanol–water partition coefficient (Wildman–Crippen LogP) is 5.69. The second kappa shape index (κ2) is 8.97. The number of pyridine rings is 1. The zero-order valence-corrected chi connectivity index (χ0v) is 15.1. The van der Waals surface area contributed by atoms with Gasteiger partial charge in [0, 0.05) is 11.6 Å². The quantitative estimate of drug-likeness (QED) is 0.339. The normalized spacial score (nSPS) is 12.6. The van der Waals surface area contributed by atoms with E-state index >= 15 is 0 Å². The van der Waals surface area contributed by atoms with E-state index in [1.807, 2.05) is 6.07 Å². The number of allylic oxidation sites excluding steroid dienone is 5. The van der Waals surface area contributed by atoms with Crippen molar-refractivity contribution in [2.45, 2.75) is 12.8 Å². The van der Waals surface area contributed by atoms with Gasteiger partial charge in [-0.1, -0.05) is 6.58 Å². The zero-order chi connectivity index (χ0) is 21.6. The number of rotatable bonds is 7. The number of ether oxygens (including phenoxy) is 1. The van der Waals surface area contributed by atoms with Gasteiger partial charge in [0.15, 0.2) is 0 Å². The van der Waals surface area contributed by atoms with Crippen LogP contribution >= 0.6 is 0 Å². The Morgan fingerprint density at radius 1 is 1.17 bits per heavy atom. The Kier molecular flexibility index (Phi) is 6.67. The third-order valence-corrected chi connectivity index (χ3v) is 3.72. The molecule has 0 N–H and O–H groups in total. The first kappa shape index (κ1) is 21.6. The predicted molar refractivity (Wildman–Crippen MR) is 97.6 cm³/mol. The number of benzene rings is 1. The topological polar surface area (TPSA) is 63.0 Å². The second-order valence-corrected chi connectivity index (χ2v) is 5.73. The Labute approximate surface area is 164 Å². The van der Waals surface area contributed by atoms with Crippen LogP contribution in [-0.2, 0) is 10.7 Å². The minimum atomic E-state index is -4.13. The number of nitrogens with zero attached hydrogens (tertiary/aromatic N) is 2. The minimum Gasteiger partial charge on any atom is -0.456 e. The van der Waals surface area contributed by atoms with E-state index in [0.29, 0.717) is 17.4 Å². The number of hydrogen-bond acceptors (Lipinski definition) is 4. The van der Waals surface area contributed by atoms with Gasteiger partial charge in [0.2, 0.25) is 5.78 Å². The lowest BCUT2D eigenvalue weighted by Crippen LogP contribution is -2.28. The smallest absolute Gasteiger partial charge is 0.351 e. The van der Waals surface area contributed by atoms with Crippen molar-refractivity contribution < 1.29 is 27.1 Å². The lowest BCUT2D eigenvalue weighted by atomic mass is 10.0. The third-order valence-electron chi connectivity index (χ3n) is 3.72. The molecule has 0 saturated heterocycles. The van der Waals surface area contributed by atoms with Gasteiger partial charge in [-0.05, 0) is 49.4 Å². The fourth-order valence-corrected chi connectivity index (χ4v) is 2.11. The van der Waals surface area contributed by atoms with Gasteiger partial charge in [-0.15, -0.1) is 0 Å². The highest BCUT2D eigenvalue weighted by molar-refractivity contribution is 6.01. The summed E-state index contributed by atoms with van der Waals surface area (Å²) < 4.78 is 61.0. The fourth-order valence-electron chi connectivity index (χ4n) is 2.11. The van der Waals surface area contributed by atoms with Crippen LogP contribution in [0.5, 0.6) is 11.5 Å². The molecule has 1 heterocycles. The molecular weight excluding hydrogens is 388 g/mol. The maximum absolute atomic E-state index is 14.4. The Bertz CT molecular complexity index is 1020. The molecule has 0 saturated carbocycles. The van der Waals surface area contributed by atoms with E-state index in [9.17, 15) is 22.4 Å². The molecule has 2 rings (SSSR count). The molecule has 1 aromatic carbocycles. The van der Waals surface area contributed by atoms with Crippen molar-refractivity contribution in [2.24, 2.45) is 0 Å². The highest BCUT2D eigenvalue weighted by atomic mass is 19.3. The van der Waals surface area contributed by atoms with Crippen LogP contribution in [0.3, 0.4) is 0 Å². The van der Waals surface area contributed by atoms with Gasteiger partial charge in [0.05, 0.1) is 17.8 Å². The summed E-state index contributed by atoms with van der Waals surface area (Å²) in [6, 6.07) is 10.0. The molecular formula is C21H14F4N2O2. The summed E-state index contributed by atoms with van der Waals surface area (Å²) in [6.45, 7) is 3.88. The number of halogens is 4. The fraction of sp³-hybridized carbons (Fsp3) is 0.0952. The standard InChI is InChI=1S/C21H14F4N2O2/c1-3-15(22)10-18(23)13(2)20(28)21(24,25)19-9-8-17(12-27-19)29-16-6-4-14(11-26)5-7-16/h3-10,12H,1H2,2H3/b15-10+,18-13-. The van der Waals surface area contributed by atoms with Gasteiger partial charge in [0.1, 0.15) is 28.8 Å². The molecule has 8 heteroatoms. The van der Waals surface area contributed by atoms with E-state index in [-0.39, 0.29) is 11.8 Å². The van der Waals surface area contributed by atoms with E-state index in [1.165, 1.54) is 24.3 Å². The first-order valence-corrected chi connectivity index (χ1v) is 8.12. The van der Waals surface area contributed by atoms with Crippen LogP contribution < -0.4 is 4.74 Å². The summed E-state index contributed by atoms with van der Waals surface area (Å²) >= 11 is 0. The minimum absolute atomic E-state index is 0.108. The van der Waals surface area contributed by atoms with Crippen LogP contribution in [-0.4, -0.2) is 10.8 Å².